The fourth-order valence-electron chi connectivity index (χ4n) is 4.02. The molecule has 1 aliphatic heterocycles. The van der Waals surface area contributed by atoms with E-state index in [1.54, 1.807) is 17.4 Å². The summed E-state index contributed by atoms with van der Waals surface area (Å²) in [4.78, 5) is 0. The normalized spacial score (nSPS) is 18.1. The SMILES string of the molecule is BrCC1CCCc2c1ccc1c2ccc2ccccc21.C1=CCOC=C1. The Kier molecular flexibility index (Phi) is 5.40. The average molecular weight is 407 g/mol. The number of rotatable bonds is 1. The zero-order valence-corrected chi connectivity index (χ0v) is 16.4. The van der Waals surface area contributed by atoms with E-state index in [9.17, 15) is 0 Å². The quantitative estimate of drug-likeness (QED) is 0.315. The number of aryl methyl sites for hydroxylation is 1. The van der Waals surface area contributed by atoms with Gasteiger partial charge in [-0.15, -0.1) is 0 Å². The summed E-state index contributed by atoms with van der Waals surface area (Å²) >= 11 is 3.68. The molecule has 1 unspecified atom stereocenters. The van der Waals surface area contributed by atoms with E-state index in [1.807, 2.05) is 18.2 Å². The van der Waals surface area contributed by atoms with Gasteiger partial charge in [0.05, 0.1) is 6.26 Å². The molecule has 5 rings (SSSR count). The number of benzene rings is 3. The molecule has 0 saturated heterocycles. The number of fused-ring (bicyclic) bond motifs is 5. The standard InChI is InChI=1S/C19H17Br.C5H6O/c20-12-14-5-3-7-17-16(14)10-11-18-15-6-2-1-4-13(15)8-9-19(17)18;1-2-4-6-5-3-1/h1-2,4,6,8-11,14H,3,5,7,12H2;1-4H,5H2. The van der Waals surface area contributed by atoms with Crippen LogP contribution in [-0.2, 0) is 11.2 Å². The Balaban J connectivity index is 0.000000240. The lowest BCUT2D eigenvalue weighted by Crippen LogP contribution is -2.11. The summed E-state index contributed by atoms with van der Waals surface area (Å²) in [6, 6.07) is 18.0. The summed E-state index contributed by atoms with van der Waals surface area (Å²) < 4.78 is 4.80. The zero-order chi connectivity index (χ0) is 17.8. The number of alkyl halides is 1. The first-order valence-corrected chi connectivity index (χ1v) is 10.4. The van der Waals surface area contributed by atoms with E-state index < -0.39 is 0 Å². The highest BCUT2D eigenvalue weighted by atomic mass is 79.9. The molecule has 1 atom stereocenters. The summed E-state index contributed by atoms with van der Waals surface area (Å²) in [6.45, 7) is 0.733. The lowest BCUT2D eigenvalue weighted by molar-refractivity contribution is 0.286. The average Bonchev–Trinajstić information content (AvgIpc) is 2.74. The van der Waals surface area contributed by atoms with Gasteiger partial charge in [0.2, 0.25) is 0 Å². The third-order valence-electron chi connectivity index (χ3n) is 5.29. The van der Waals surface area contributed by atoms with Gasteiger partial charge < -0.3 is 4.74 Å². The smallest absolute Gasteiger partial charge is 0.106 e. The van der Waals surface area contributed by atoms with Gasteiger partial charge in [-0.25, -0.2) is 0 Å². The highest BCUT2D eigenvalue weighted by Crippen LogP contribution is 2.38. The van der Waals surface area contributed by atoms with Gasteiger partial charge in [0.15, 0.2) is 0 Å². The first-order chi connectivity index (χ1) is 12.9. The Morgan fingerprint density at radius 3 is 2.54 bits per heavy atom. The molecule has 0 N–H and O–H groups in total. The van der Waals surface area contributed by atoms with Crippen molar-refractivity contribution in [2.45, 2.75) is 25.2 Å². The summed E-state index contributed by atoms with van der Waals surface area (Å²) in [5, 5.41) is 6.68. The molecule has 0 spiro atoms. The molecule has 0 saturated carbocycles. The molecule has 1 heterocycles. The fourth-order valence-corrected chi connectivity index (χ4v) is 4.69. The Hall–Kier alpha value is -2.06. The molecule has 2 aliphatic rings. The van der Waals surface area contributed by atoms with Crippen LogP contribution in [0.5, 0.6) is 0 Å². The molecule has 0 aromatic heterocycles. The molecule has 3 aromatic carbocycles. The van der Waals surface area contributed by atoms with Crippen molar-refractivity contribution < 1.29 is 4.74 Å². The summed E-state index contributed by atoms with van der Waals surface area (Å²) in [5.74, 6) is 0.689. The second-order valence-electron chi connectivity index (χ2n) is 6.85. The van der Waals surface area contributed by atoms with Gasteiger partial charge in [-0.1, -0.05) is 70.5 Å². The highest BCUT2D eigenvalue weighted by molar-refractivity contribution is 9.09. The second kappa shape index (κ2) is 8.09. The molecular weight excluding hydrogens is 384 g/mol. The zero-order valence-electron chi connectivity index (χ0n) is 14.8. The highest BCUT2D eigenvalue weighted by Gasteiger charge is 2.21. The second-order valence-corrected chi connectivity index (χ2v) is 7.50. The number of halogens is 1. The van der Waals surface area contributed by atoms with Crippen molar-refractivity contribution in [3.63, 3.8) is 0 Å². The van der Waals surface area contributed by atoms with E-state index in [-0.39, 0.29) is 0 Å². The molecule has 1 aliphatic carbocycles. The lowest BCUT2D eigenvalue weighted by Gasteiger charge is -2.25. The minimum atomic E-state index is 0.689. The maximum absolute atomic E-state index is 4.80. The van der Waals surface area contributed by atoms with Gasteiger partial charge in [-0.2, -0.15) is 0 Å². The molecule has 26 heavy (non-hydrogen) atoms. The van der Waals surface area contributed by atoms with E-state index in [0.29, 0.717) is 5.92 Å². The third-order valence-corrected chi connectivity index (χ3v) is 6.08. The summed E-state index contributed by atoms with van der Waals surface area (Å²) in [7, 11) is 0. The van der Waals surface area contributed by atoms with Crippen LogP contribution in [0, 0.1) is 0 Å². The minimum Gasteiger partial charge on any atom is -0.497 e. The number of allylic oxidation sites excluding steroid dienone is 2. The van der Waals surface area contributed by atoms with E-state index in [4.69, 9.17) is 4.74 Å². The predicted octanol–water partition coefficient (Wildman–Crippen LogP) is 6.89. The van der Waals surface area contributed by atoms with Crippen LogP contribution in [0.3, 0.4) is 0 Å². The molecule has 0 radical (unpaired) electrons. The lowest BCUT2D eigenvalue weighted by atomic mass is 9.81. The van der Waals surface area contributed by atoms with E-state index in [2.05, 4.69) is 64.5 Å². The molecular formula is C24H23BrO. The van der Waals surface area contributed by atoms with Gasteiger partial charge in [0, 0.05) is 5.33 Å². The van der Waals surface area contributed by atoms with E-state index in [1.165, 1.54) is 40.8 Å². The summed E-state index contributed by atoms with van der Waals surface area (Å²) in [6.07, 6.45) is 11.3. The van der Waals surface area contributed by atoms with Crippen molar-refractivity contribution in [1.29, 1.82) is 0 Å². The van der Waals surface area contributed by atoms with Crippen LogP contribution in [0.15, 0.2) is 73.0 Å². The largest absolute Gasteiger partial charge is 0.497 e. The van der Waals surface area contributed by atoms with E-state index >= 15 is 0 Å². The van der Waals surface area contributed by atoms with Crippen molar-refractivity contribution in [2.24, 2.45) is 0 Å². The molecule has 132 valence electrons. The Bertz CT molecular complexity index is 959. The number of hydrogen-bond acceptors (Lipinski definition) is 1. The topological polar surface area (TPSA) is 9.23 Å². The van der Waals surface area contributed by atoms with Crippen molar-refractivity contribution in [1.82, 2.24) is 0 Å². The van der Waals surface area contributed by atoms with Crippen LogP contribution in [-0.4, -0.2) is 11.9 Å². The van der Waals surface area contributed by atoms with Gasteiger partial charge in [0.1, 0.15) is 6.61 Å². The van der Waals surface area contributed by atoms with Crippen LogP contribution in [0.1, 0.15) is 29.9 Å². The van der Waals surface area contributed by atoms with Crippen LogP contribution in [0.4, 0.5) is 0 Å². The Labute approximate surface area is 163 Å². The molecule has 0 bridgehead atoms. The first kappa shape index (κ1) is 17.4. The van der Waals surface area contributed by atoms with Crippen molar-refractivity contribution in [3.05, 3.63) is 84.1 Å². The molecule has 3 aromatic rings. The van der Waals surface area contributed by atoms with Crippen LogP contribution >= 0.6 is 15.9 Å². The minimum absolute atomic E-state index is 0.689. The summed E-state index contributed by atoms with van der Waals surface area (Å²) in [5.41, 5.74) is 3.15. The molecule has 0 fully saturated rings. The Morgan fingerprint density at radius 2 is 1.81 bits per heavy atom. The monoisotopic (exact) mass is 406 g/mol. The van der Waals surface area contributed by atoms with Crippen molar-refractivity contribution >= 4 is 37.5 Å². The molecule has 1 nitrogen and oxygen atoms in total. The third kappa shape index (κ3) is 3.43. The number of ether oxygens (including phenoxy) is 1. The maximum Gasteiger partial charge on any atom is 0.106 e. The maximum atomic E-state index is 4.80. The first-order valence-electron chi connectivity index (χ1n) is 9.31. The van der Waals surface area contributed by atoms with Crippen LogP contribution in [0.2, 0.25) is 0 Å². The predicted molar refractivity (Wildman–Crippen MR) is 115 cm³/mol. The van der Waals surface area contributed by atoms with Gasteiger partial charge in [-0.3, -0.25) is 0 Å². The molecule has 2 heteroatoms. The van der Waals surface area contributed by atoms with Crippen molar-refractivity contribution in [3.8, 4) is 0 Å². The van der Waals surface area contributed by atoms with E-state index in [0.717, 1.165) is 11.9 Å². The van der Waals surface area contributed by atoms with Gasteiger partial charge >= 0.3 is 0 Å². The van der Waals surface area contributed by atoms with Crippen molar-refractivity contribution in [2.75, 3.05) is 11.9 Å². The number of hydrogen-bond donors (Lipinski definition) is 0. The Morgan fingerprint density at radius 1 is 0.923 bits per heavy atom. The molecule has 0 amide bonds. The fraction of sp³-hybridized carbons (Fsp3) is 0.250. The van der Waals surface area contributed by atoms with Crippen LogP contribution < -0.4 is 0 Å². The van der Waals surface area contributed by atoms with Crippen LogP contribution in [0.25, 0.3) is 21.5 Å². The van der Waals surface area contributed by atoms with Gasteiger partial charge in [0.25, 0.3) is 0 Å². The van der Waals surface area contributed by atoms with Gasteiger partial charge in [-0.05, 0) is 70.0 Å².